The van der Waals surface area contributed by atoms with Gasteiger partial charge in [0.25, 0.3) is 11.6 Å². The topological polar surface area (TPSA) is 136 Å². The van der Waals surface area contributed by atoms with Crippen LogP contribution in [-0.2, 0) is 4.79 Å². The van der Waals surface area contributed by atoms with Crippen LogP contribution in [0.25, 0.3) is 0 Å². The summed E-state index contributed by atoms with van der Waals surface area (Å²) < 4.78 is 15.4. The van der Waals surface area contributed by atoms with Crippen molar-refractivity contribution in [2.24, 2.45) is 0 Å². The van der Waals surface area contributed by atoms with E-state index in [2.05, 4.69) is 10.6 Å². The van der Waals surface area contributed by atoms with Crippen molar-refractivity contribution in [3.63, 3.8) is 0 Å². The van der Waals surface area contributed by atoms with E-state index < -0.39 is 10.8 Å². The van der Waals surface area contributed by atoms with Gasteiger partial charge in [-0.3, -0.25) is 14.9 Å². The van der Waals surface area contributed by atoms with Crippen LogP contribution in [0, 0.1) is 21.4 Å². The van der Waals surface area contributed by atoms with Crippen LogP contribution in [-0.4, -0.2) is 32.2 Å². The summed E-state index contributed by atoms with van der Waals surface area (Å²) in [6.45, 7) is 0. The van der Waals surface area contributed by atoms with Crippen molar-refractivity contribution in [3.05, 3.63) is 58.3 Å². The smallest absolute Gasteiger partial charge is 0.273 e. The number of carbonyl (C=O) groups is 1. The molecule has 2 rings (SSSR count). The van der Waals surface area contributed by atoms with Gasteiger partial charge in [-0.2, -0.15) is 5.26 Å². The Hall–Kier alpha value is -4.26. The zero-order valence-corrected chi connectivity index (χ0v) is 15.9. The number of nitriles is 1. The predicted molar refractivity (Wildman–Crippen MR) is 105 cm³/mol. The van der Waals surface area contributed by atoms with Gasteiger partial charge in [0.2, 0.25) is 0 Å². The van der Waals surface area contributed by atoms with Crippen molar-refractivity contribution in [3.8, 4) is 23.3 Å². The van der Waals surface area contributed by atoms with Gasteiger partial charge >= 0.3 is 0 Å². The number of ether oxygens (including phenoxy) is 3. The second-order valence-corrected chi connectivity index (χ2v) is 5.48. The van der Waals surface area contributed by atoms with Crippen LogP contribution in [0.3, 0.4) is 0 Å². The molecule has 0 fully saturated rings. The number of hydrogen-bond donors (Lipinski definition) is 2. The Balaban J connectivity index is 2.21. The molecule has 0 bridgehead atoms. The van der Waals surface area contributed by atoms with Gasteiger partial charge < -0.3 is 24.8 Å². The number of non-ortho nitro benzene ring substituents is 1. The molecule has 0 radical (unpaired) electrons. The average molecular weight is 398 g/mol. The van der Waals surface area contributed by atoms with E-state index in [9.17, 15) is 20.2 Å². The lowest BCUT2D eigenvalue weighted by Gasteiger charge is -2.11. The molecule has 0 aliphatic carbocycles. The maximum atomic E-state index is 12.4. The van der Waals surface area contributed by atoms with Gasteiger partial charge in [0.15, 0.2) is 0 Å². The summed E-state index contributed by atoms with van der Waals surface area (Å²) in [6.07, 6.45) is 1.22. The number of nitro benzene ring substituents is 1. The molecular weight excluding hydrogens is 380 g/mol. The molecule has 0 saturated heterocycles. The largest absolute Gasteiger partial charge is 0.497 e. The number of nitrogens with one attached hydrogen (secondary N) is 2. The molecule has 2 aromatic carbocycles. The number of nitro groups is 1. The third-order valence-electron chi connectivity index (χ3n) is 3.79. The molecule has 0 aliphatic heterocycles. The van der Waals surface area contributed by atoms with Crippen molar-refractivity contribution in [2.75, 3.05) is 32.0 Å². The molecule has 29 heavy (non-hydrogen) atoms. The molecule has 0 aliphatic rings. The second-order valence-electron chi connectivity index (χ2n) is 5.48. The molecule has 0 aromatic heterocycles. The van der Waals surface area contributed by atoms with Crippen LogP contribution in [0.15, 0.2) is 48.2 Å². The maximum Gasteiger partial charge on any atom is 0.273 e. The highest BCUT2D eigenvalue weighted by Gasteiger charge is 2.16. The third kappa shape index (κ3) is 5.14. The standard InChI is InChI=1S/C19H18N4O6/c1-27-14-5-7-15(18(9-14)29-3)21-11-12(10-20)19(24)22-16-6-4-13(23(25)26)8-17(16)28-2/h4-9,11,21H,1-3H3,(H,22,24)/b12-11-. The van der Waals surface area contributed by atoms with Gasteiger partial charge in [-0.1, -0.05) is 0 Å². The Kier molecular flexibility index (Phi) is 6.97. The van der Waals surface area contributed by atoms with Crippen LogP contribution < -0.4 is 24.8 Å². The highest BCUT2D eigenvalue weighted by Crippen LogP contribution is 2.30. The number of rotatable bonds is 8. The minimum Gasteiger partial charge on any atom is -0.497 e. The molecule has 0 unspecified atom stereocenters. The summed E-state index contributed by atoms with van der Waals surface area (Å²) in [5, 5.41) is 25.5. The van der Waals surface area contributed by atoms with E-state index in [4.69, 9.17) is 14.2 Å². The van der Waals surface area contributed by atoms with Crippen molar-refractivity contribution in [1.29, 1.82) is 5.26 Å². The van der Waals surface area contributed by atoms with Gasteiger partial charge in [-0.15, -0.1) is 0 Å². The van der Waals surface area contributed by atoms with Gasteiger partial charge in [-0.25, -0.2) is 0 Å². The molecule has 1 amide bonds. The molecule has 2 aromatic rings. The van der Waals surface area contributed by atoms with Crippen molar-refractivity contribution >= 4 is 23.0 Å². The fraction of sp³-hybridized carbons (Fsp3) is 0.158. The SMILES string of the molecule is COc1ccc(N/C=C(/C#N)C(=O)Nc2ccc([N+](=O)[O-])cc2OC)c(OC)c1. The fourth-order valence-electron chi connectivity index (χ4n) is 2.30. The monoisotopic (exact) mass is 398 g/mol. The van der Waals surface area contributed by atoms with E-state index in [1.165, 1.54) is 45.7 Å². The number of carbonyl (C=O) groups excluding carboxylic acids is 1. The first-order valence-corrected chi connectivity index (χ1v) is 8.16. The highest BCUT2D eigenvalue weighted by molar-refractivity contribution is 6.07. The Bertz CT molecular complexity index is 997. The van der Waals surface area contributed by atoms with Crippen LogP contribution in [0.5, 0.6) is 17.2 Å². The summed E-state index contributed by atoms with van der Waals surface area (Å²) in [7, 11) is 4.31. The summed E-state index contributed by atoms with van der Waals surface area (Å²) in [5.74, 6) is 0.407. The molecule has 0 saturated carbocycles. The molecule has 0 heterocycles. The van der Waals surface area contributed by atoms with E-state index in [1.807, 2.05) is 0 Å². The number of methoxy groups -OCH3 is 3. The molecule has 150 valence electrons. The minimum atomic E-state index is -0.723. The first-order chi connectivity index (χ1) is 13.9. The number of nitrogens with zero attached hydrogens (tertiary/aromatic N) is 2. The number of hydrogen-bond acceptors (Lipinski definition) is 8. The molecule has 10 heteroatoms. The fourth-order valence-corrected chi connectivity index (χ4v) is 2.30. The molecule has 10 nitrogen and oxygen atoms in total. The summed E-state index contributed by atoms with van der Waals surface area (Å²) >= 11 is 0. The predicted octanol–water partition coefficient (Wildman–Crippen LogP) is 3.08. The van der Waals surface area contributed by atoms with Gasteiger partial charge in [0.05, 0.1) is 43.7 Å². The zero-order chi connectivity index (χ0) is 21.4. The maximum absolute atomic E-state index is 12.4. The Morgan fingerprint density at radius 1 is 1.07 bits per heavy atom. The lowest BCUT2D eigenvalue weighted by molar-refractivity contribution is -0.384. The number of benzene rings is 2. The van der Waals surface area contributed by atoms with Crippen LogP contribution in [0.2, 0.25) is 0 Å². The van der Waals surface area contributed by atoms with E-state index >= 15 is 0 Å². The van der Waals surface area contributed by atoms with Crippen LogP contribution in [0.4, 0.5) is 17.1 Å². The normalized spacial score (nSPS) is 10.5. The number of amides is 1. The van der Waals surface area contributed by atoms with Gasteiger partial charge in [0, 0.05) is 18.3 Å². The second kappa shape index (κ2) is 9.61. The molecule has 0 spiro atoms. The van der Waals surface area contributed by atoms with Crippen molar-refractivity contribution in [1.82, 2.24) is 0 Å². The summed E-state index contributed by atoms with van der Waals surface area (Å²) in [6, 6.07) is 10.5. The third-order valence-corrected chi connectivity index (χ3v) is 3.79. The Morgan fingerprint density at radius 3 is 2.31 bits per heavy atom. The first kappa shape index (κ1) is 21.0. The lowest BCUT2D eigenvalue weighted by Crippen LogP contribution is -2.15. The summed E-state index contributed by atoms with van der Waals surface area (Å²) in [5.41, 5.74) is 0.278. The molecule has 0 atom stereocenters. The average Bonchev–Trinajstić information content (AvgIpc) is 2.74. The summed E-state index contributed by atoms with van der Waals surface area (Å²) in [4.78, 5) is 22.7. The van der Waals surface area contributed by atoms with E-state index in [-0.39, 0.29) is 22.7 Å². The van der Waals surface area contributed by atoms with Crippen LogP contribution in [0.1, 0.15) is 0 Å². The molecular formula is C19H18N4O6. The molecule has 2 N–H and O–H groups in total. The van der Waals surface area contributed by atoms with Crippen LogP contribution >= 0.6 is 0 Å². The van der Waals surface area contributed by atoms with Gasteiger partial charge in [0.1, 0.15) is 28.9 Å². The van der Waals surface area contributed by atoms with Gasteiger partial charge in [-0.05, 0) is 18.2 Å². The first-order valence-electron chi connectivity index (χ1n) is 8.16. The Labute approximate surface area is 166 Å². The van der Waals surface area contributed by atoms with Crippen molar-refractivity contribution in [2.45, 2.75) is 0 Å². The zero-order valence-electron chi connectivity index (χ0n) is 15.9. The minimum absolute atomic E-state index is 0.0922. The van der Waals surface area contributed by atoms with E-state index in [1.54, 1.807) is 24.3 Å². The number of anilines is 2. The van der Waals surface area contributed by atoms with Crippen molar-refractivity contribution < 1.29 is 23.9 Å². The lowest BCUT2D eigenvalue weighted by atomic mass is 10.2. The highest BCUT2D eigenvalue weighted by atomic mass is 16.6. The van der Waals surface area contributed by atoms with E-state index in [0.717, 1.165) is 0 Å². The quantitative estimate of drug-likeness (QED) is 0.300. The Morgan fingerprint density at radius 2 is 1.72 bits per heavy atom. The van der Waals surface area contributed by atoms with E-state index in [0.29, 0.717) is 17.2 Å².